The molecule has 1 aliphatic heterocycles. The lowest BCUT2D eigenvalue weighted by Crippen LogP contribution is -2.39. The Morgan fingerprint density at radius 3 is 2.88 bits per heavy atom. The van der Waals surface area contributed by atoms with Crippen molar-refractivity contribution in [2.75, 3.05) is 13.1 Å². The summed E-state index contributed by atoms with van der Waals surface area (Å²) in [5.74, 6) is -0.329. The number of benzene rings is 1. The standard InChI is InChI=1S/C18H17F2N5S/c1-24-8-11-4-10(5-13(19)17(11)22-24)16-6-12-9-25(23-18(12)26-16)15-2-3-21-7-14(15)20/h4-6,8-9,14-15,21H,2-3,7H2,1H3/t14-,15-/m0/s1. The van der Waals surface area contributed by atoms with Gasteiger partial charge in [-0.25, -0.2) is 8.78 Å². The highest BCUT2D eigenvalue weighted by molar-refractivity contribution is 7.21. The van der Waals surface area contributed by atoms with Crippen molar-refractivity contribution < 1.29 is 8.78 Å². The molecule has 0 spiro atoms. The Bertz CT molecular complexity index is 1080. The van der Waals surface area contributed by atoms with Gasteiger partial charge in [-0.15, -0.1) is 11.3 Å². The molecule has 5 nitrogen and oxygen atoms in total. The van der Waals surface area contributed by atoms with E-state index in [1.807, 2.05) is 18.3 Å². The number of aromatic nitrogens is 4. The average molecular weight is 373 g/mol. The zero-order valence-electron chi connectivity index (χ0n) is 14.1. The Balaban J connectivity index is 1.53. The van der Waals surface area contributed by atoms with Crippen LogP contribution in [-0.4, -0.2) is 38.8 Å². The fourth-order valence-corrected chi connectivity index (χ4v) is 4.61. The Morgan fingerprint density at radius 2 is 2.08 bits per heavy atom. The van der Waals surface area contributed by atoms with Crippen LogP contribution in [0.1, 0.15) is 12.5 Å². The van der Waals surface area contributed by atoms with Crippen LogP contribution >= 0.6 is 11.3 Å². The maximum absolute atomic E-state index is 14.3. The van der Waals surface area contributed by atoms with Gasteiger partial charge in [0, 0.05) is 41.6 Å². The van der Waals surface area contributed by atoms with Gasteiger partial charge >= 0.3 is 0 Å². The second-order valence-corrected chi connectivity index (χ2v) is 7.79. The smallest absolute Gasteiger partial charge is 0.151 e. The lowest BCUT2D eigenvalue weighted by Gasteiger charge is -2.26. The maximum Gasteiger partial charge on any atom is 0.151 e. The van der Waals surface area contributed by atoms with E-state index in [9.17, 15) is 8.78 Å². The summed E-state index contributed by atoms with van der Waals surface area (Å²) < 4.78 is 31.8. The topological polar surface area (TPSA) is 47.7 Å². The van der Waals surface area contributed by atoms with E-state index in [1.54, 1.807) is 22.6 Å². The van der Waals surface area contributed by atoms with Crippen molar-refractivity contribution in [1.29, 1.82) is 0 Å². The van der Waals surface area contributed by atoms with Crippen LogP contribution in [0.15, 0.2) is 30.6 Å². The molecule has 0 bridgehead atoms. The third-order valence-electron chi connectivity index (χ3n) is 4.89. The normalized spacial score (nSPS) is 21.0. The third kappa shape index (κ3) is 2.52. The summed E-state index contributed by atoms with van der Waals surface area (Å²) in [6.45, 7) is 1.17. The lowest BCUT2D eigenvalue weighted by atomic mass is 10.1. The highest BCUT2D eigenvalue weighted by atomic mass is 32.1. The number of rotatable bonds is 2. The highest BCUT2D eigenvalue weighted by Gasteiger charge is 2.27. The molecule has 0 saturated carbocycles. The third-order valence-corrected chi connectivity index (χ3v) is 5.98. The summed E-state index contributed by atoms with van der Waals surface area (Å²) in [6, 6.07) is 5.23. The van der Waals surface area contributed by atoms with Crippen molar-refractivity contribution in [3.05, 3.63) is 36.4 Å². The molecule has 1 aromatic carbocycles. The largest absolute Gasteiger partial charge is 0.314 e. The molecule has 0 unspecified atom stereocenters. The second-order valence-electron chi connectivity index (χ2n) is 6.76. The molecular formula is C18H17F2N5S. The molecule has 4 aromatic rings. The molecule has 5 rings (SSSR count). The van der Waals surface area contributed by atoms with E-state index >= 15 is 0 Å². The Morgan fingerprint density at radius 1 is 1.19 bits per heavy atom. The van der Waals surface area contributed by atoms with Crippen LogP contribution in [0.4, 0.5) is 8.78 Å². The Kier molecular flexibility index (Phi) is 3.58. The first-order valence-electron chi connectivity index (χ1n) is 8.55. The summed E-state index contributed by atoms with van der Waals surface area (Å²) in [5, 5.41) is 13.5. The van der Waals surface area contributed by atoms with Gasteiger partial charge in [0.25, 0.3) is 0 Å². The molecule has 1 fully saturated rings. The highest BCUT2D eigenvalue weighted by Crippen LogP contribution is 2.36. The minimum absolute atomic E-state index is 0.219. The van der Waals surface area contributed by atoms with E-state index in [0.29, 0.717) is 12.1 Å². The van der Waals surface area contributed by atoms with Gasteiger partial charge < -0.3 is 5.32 Å². The van der Waals surface area contributed by atoms with E-state index in [4.69, 9.17) is 0 Å². The zero-order chi connectivity index (χ0) is 17.8. The van der Waals surface area contributed by atoms with E-state index in [0.717, 1.165) is 39.0 Å². The number of alkyl halides is 1. The molecular weight excluding hydrogens is 356 g/mol. The molecule has 134 valence electrons. The van der Waals surface area contributed by atoms with Gasteiger partial charge in [-0.3, -0.25) is 9.36 Å². The number of halogens is 2. The van der Waals surface area contributed by atoms with Gasteiger partial charge in [-0.1, -0.05) is 0 Å². The number of nitrogens with one attached hydrogen (secondary N) is 1. The van der Waals surface area contributed by atoms with Crippen LogP contribution in [0.2, 0.25) is 0 Å². The van der Waals surface area contributed by atoms with Crippen LogP contribution in [0.3, 0.4) is 0 Å². The molecule has 3 aromatic heterocycles. The van der Waals surface area contributed by atoms with E-state index < -0.39 is 6.17 Å². The number of aryl methyl sites for hydroxylation is 1. The zero-order valence-corrected chi connectivity index (χ0v) is 14.9. The SMILES string of the molecule is Cn1cc2cc(-c3cc4cn([C@H]5CCNC[C@@H]5F)nc4s3)cc(F)c2n1. The molecule has 0 aliphatic carbocycles. The van der Waals surface area contributed by atoms with E-state index in [2.05, 4.69) is 15.5 Å². The second kappa shape index (κ2) is 5.85. The number of hydrogen-bond donors (Lipinski definition) is 1. The molecule has 1 saturated heterocycles. The van der Waals surface area contributed by atoms with Crippen LogP contribution in [0.5, 0.6) is 0 Å². The Hall–Kier alpha value is -2.32. The van der Waals surface area contributed by atoms with Gasteiger partial charge in [0.15, 0.2) is 5.82 Å². The molecule has 0 radical (unpaired) electrons. The molecule has 1 N–H and O–H groups in total. The summed E-state index contributed by atoms with van der Waals surface area (Å²) in [6.07, 6.45) is 3.50. The van der Waals surface area contributed by atoms with Crippen molar-refractivity contribution in [2.45, 2.75) is 18.6 Å². The number of thiophene rings is 1. The monoisotopic (exact) mass is 373 g/mol. The maximum atomic E-state index is 14.3. The quantitative estimate of drug-likeness (QED) is 0.583. The van der Waals surface area contributed by atoms with Gasteiger partial charge in [-0.2, -0.15) is 10.2 Å². The minimum Gasteiger partial charge on any atom is -0.314 e. The predicted octanol–water partition coefficient (Wildman–Crippen LogP) is 3.66. The van der Waals surface area contributed by atoms with Crippen LogP contribution in [0.25, 0.3) is 31.6 Å². The minimum atomic E-state index is -0.931. The van der Waals surface area contributed by atoms with Gasteiger partial charge in [-0.05, 0) is 36.7 Å². The summed E-state index contributed by atoms with van der Waals surface area (Å²) in [7, 11) is 1.78. The predicted molar refractivity (Wildman–Crippen MR) is 98.7 cm³/mol. The van der Waals surface area contributed by atoms with Crippen molar-refractivity contribution >= 4 is 32.5 Å². The fraction of sp³-hybridized carbons (Fsp3) is 0.333. The molecule has 1 aliphatic rings. The van der Waals surface area contributed by atoms with Crippen molar-refractivity contribution in [2.24, 2.45) is 7.05 Å². The summed E-state index contributed by atoms with van der Waals surface area (Å²) in [4.78, 5) is 1.79. The fourth-order valence-electron chi connectivity index (χ4n) is 3.61. The summed E-state index contributed by atoms with van der Waals surface area (Å²) >= 11 is 1.50. The van der Waals surface area contributed by atoms with E-state index in [1.165, 1.54) is 17.4 Å². The number of hydrogen-bond acceptors (Lipinski definition) is 4. The molecule has 4 heterocycles. The van der Waals surface area contributed by atoms with Crippen LogP contribution < -0.4 is 5.32 Å². The summed E-state index contributed by atoms with van der Waals surface area (Å²) in [5.41, 5.74) is 1.19. The molecule has 26 heavy (non-hydrogen) atoms. The van der Waals surface area contributed by atoms with Crippen LogP contribution in [0, 0.1) is 5.82 Å². The number of piperidine rings is 1. The van der Waals surface area contributed by atoms with Crippen molar-refractivity contribution in [1.82, 2.24) is 24.9 Å². The van der Waals surface area contributed by atoms with Crippen LogP contribution in [-0.2, 0) is 7.05 Å². The number of nitrogens with zero attached hydrogens (tertiary/aromatic N) is 4. The van der Waals surface area contributed by atoms with Gasteiger partial charge in [0.2, 0.25) is 0 Å². The lowest BCUT2D eigenvalue weighted by molar-refractivity contribution is 0.174. The first-order chi connectivity index (χ1) is 12.6. The first kappa shape index (κ1) is 15.9. The Labute approximate surface area is 152 Å². The first-order valence-corrected chi connectivity index (χ1v) is 9.37. The number of fused-ring (bicyclic) bond motifs is 2. The van der Waals surface area contributed by atoms with Crippen molar-refractivity contribution in [3.8, 4) is 10.4 Å². The average Bonchev–Trinajstić information content (AvgIpc) is 3.27. The molecule has 8 heteroatoms. The van der Waals surface area contributed by atoms with E-state index in [-0.39, 0.29) is 11.9 Å². The van der Waals surface area contributed by atoms with Crippen molar-refractivity contribution in [3.63, 3.8) is 0 Å². The van der Waals surface area contributed by atoms with Gasteiger partial charge in [0.1, 0.15) is 16.5 Å². The molecule has 2 atom stereocenters. The molecule has 0 amide bonds. The van der Waals surface area contributed by atoms with Gasteiger partial charge in [0.05, 0.1) is 6.04 Å².